The van der Waals surface area contributed by atoms with Gasteiger partial charge in [0.05, 0.1) is 12.5 Å². The number of carbonyl (C=O) groups excluding carboxylic acids is 4. The molecule has 0 aliphatic heterocycles. The van der Waals surface area contributed by atoms with Crippen LogP contribution >= 0.6 is 0 Å². The summed E-state index contributed by atoms with van der Waals surface area (Å²) < 4.78 is 0. The van der Waals surface area contributed by atoms with Crippen molar-refractivity contribution >= 4 is 40.7 Å². The largest absolute Gasteiger partial charge is 0.481 e. The van der Waals surface area contributed by atoms with Crippen molar-refractivity contribution in [3.8, 4) is 0 Å². The Hall–Kier alpha value is -3.75. The average molecular weight is 441 g/mol. The first kappa shape index (κ1) is 24.5. The first-order valence-corrected chi connectivity index (χ1v) is 10.2. The zero-order chi connectivity index (χ0) is 23.8. The number of aliphatic carboxylic acids is 1. The summed E-state index contributed by atoms with van der Waals surface area (Å²) in [5, 5.41) is 17.9. The van der Waals surface area contributed by atoms with Crippen molar-refractivity contribution in [1.82, 2.24) is 16.0 Å². The number of carboxylic acid groups (broad SMARTS) is 1. The zero-order valence-corrected chi connectivity index (χ0v) is 18.1. The highest BCUT2D eigenvalue weighted by molar-refractivity contribution is 6.08. The molecule has 0 spiro atoms. The molecule has 3 atom stereocenters. The van der Waals surface area contributed by atoms with Crippen LogP contribution in [0, 0.1) is 5.92 Å². The molecule has 0 aromatic heterocycles. The fourth-order valence-corrected chi connectivity index (χ4v) is 3.18. The molecule has 32 heavy (non-hydrogen) atoms. The molecular formula is C23H27N3O6. The lowest BCUT2D eigenvalue weighted by Gasteiger charge is -2.24. The number of carboxylic acids is 1. The molecule has 170 valence electrons. The summed E-state index contributed by atoms with van der Waals surface area (Å²) in [5.41, 5.74) is 0.426. The molecule has 2 rings (SSSR count). The van der Waals surface area contributed by atoms with E-state index in [1.54, 1.807) is 26.0 Å². The number of fused-ring (bicyclic) bond motifs is 1. The molecule has 2 aromatic rings. The summed E-state index contributed by atoms with van der Waals surface area (Å²) >= 11 is 0. The Labute approximate surface area is 185 Å². The minimum absolute atomic E-state index is 0.279. The Morgan fingerprint density at radius 1 is 0.906 bits per heavy atom. The first-order valence-electron chi connectivity index (χ1n) is 10.2. The third-order valence-electron chi connectivity index (χ3n) is 4.91. The second kappa shape index (κ2) is 11.0. The second-order valence-corrected chi connectivity index (χ2v) is 7.80. The van der Waals surface area contributed by atoms with Crippen LogP contribution < -0.4 is 16.0 Å². The monoisotopic (exact) mass is 441 g/mol. The van der Waals surface area contributed by atoms with Crippen molar-refractivity contribution in [3.63, 3.8) is 0 Å². The van der Waals surface area contributed by atoms with Crippen LogP contribution in [0.25, 0.3) is 10.8 Å². The lowest BCUT2D eigenvalue weighted by atomic mass is 10.0. The summed E-state index contributed by atoms with van der Waals surface area (Å²) in [4.78, 5) is 59.7. The van der Waals surface area contributed by atoms with Crippen molar-refractivity contribution in [1.29, 1.82) is 0 Å². The maximum atomic E-state index is 12.9. The number of nitrogens with one attached hydrogen (secondary N) is 3. The second-order valence-electron chi connectivity index (χ2n) is 7.80. The third kappa shape index (κ3) is 6.37. The summed E-state index contributed by atoms with van der Waals surface area (Å²) in [6.07, 6.45) is -0.243. The van der Waals surface area contributed by atoms with E-state index < -0.39 is 48.2 Å². The van der Waals surface area contributed by atoms with Crippen LogP contribution in [0.1, 0.15) is 37.6 Å². The van der Waals surface area contributed by atoms with E-state index >= 15 is 0 Å². The van der Waals surface area contributed by atoms with Crippen LogP contribution in [0.15, 0.2) is 42.5 Å². The van der Waals surface area contributed by atoms with Crippen LogP contribution in [0.5, 0.6) is 0 Å². The summed E-state index contributed by atoms with van der Waals surface area (Å²) in [7, 11) is 0. The molecule has 0 heterocycles. The number of rotatable bonds is 10. The van der Waals surface area contributed by atoms with Gasteiger partial charge in [0.1, 0.15) is 18.4 Å². The van der Waals surface area contributed by atoms with Gasteiger partial charge in [0.25, 0.3) is 5.91 Å². The molecule has 0 saturated heterocycles. The number of hydrogen-bond acceptors (Lipinski definition) is 5. The molecule has 2 aromatic carbocycles. The van der Waals surface area contributed by atoms with Crippen molar-refractivity contribution in [2.75, 3.05) is 0 Å². The molecule has 9 heteroatoms. The van der Waals surface area contributed by atoms with Gasteiger partial charge in [-0.25, -0.2) is 0 Å². The predicted molar refractivity (Wildman–Crippen MR) is 118 cm³/mol. The molecule has 4 N–H and O–H groups in total. The summed E-state index contributed by atoms with van der Waals surface area (Å²) in [6.45, 7) is 4.92. The molecule has 0 radical (unpaired) electrons. The molecule has 0 saturated carbocycles. The topological polar surface area (TPSA) is 142 Å². The Morgan fingerprint density at radius 3 is 2.19 bits per heavy atom. The number of hydrogen-bond donors (Lipinski definition) is 4. The van der Waals surface area contributed by atoms with Gasteiger partial charge in [-0.3, -0.25) is 19.2 Å². The number of benzene rings is 2. The lowest BCUT2D eigenvalue weighted by Crippen LogP contribution is -2.55. The quantitative estimate of drug-likeness (QED) is 0.409. The first-order chi connectivity index (χ1) is 15.1. The smallest absolute Gasteiger partial charge is 0.305 e. The van der Waals surface area contributed by atoms with E-state index in [1.165, 1.54) is 6.92 Å². The Kier molecular flexibility index (Phi) is 8.46. The third-order valence-corrected chi connectivity index (χ3v) is 4.91. The van der Waals surface area contributed by atoms with Gasteiger partial charge in [-0.05, 0) is 29.7 Å². The van der Waals surface area contributed by atoms with Gasteiger partial charge in [0, 0.05) is 5.56 Å². The highest BCUT2D eigenvalue weighted by Crippen LogP contribution is 2.19. The van der Waals surface area contributed by atoms with E-state index in [0.717, 1.165) is 10.8 Å². The van der Waals surface area contributed by atoms with Crippen LogP contribution in [0.4, 0.5) is 0 Å². The van der Waals surface area contributed by atoms with E-state index in [4.69, 9.17) is 5.11 Å². The van der Waals surface area contributed by atoms with Crippen molar-refractivity contribution in [2.45, 2.75) is 45.3 Å². The molecule has 0 fully saturated rings. The van der Waals surface area contributed by atoms with E-state index in [0.29, 0.717) is 11.8 Å². The van der Waals surface area contributed by atoms with Gasteiger partial charge < -0.3 is 25.9 Å². The molecule has 0 aliphatic carbocycles. The number of aldehydes is 1. The van der Waals surface area contributed by atoms with Crippen molar-refractivity contribution in [3.05, 3.63) is 48.0 Å². The number of amides is 3. The minimum Gasteiger partial charge on any atom is -0.481 e. The van der Waals surface area contributed by atoms with Crippen LogP contribution in [0.2, 0.25) is 0 Å². The molecule has 9 nitrogen and oxygen atoms in total. The van der Waals surface area contributed by atoms with Gasteiger partial charge in [0.15, 0.2) is 0 Å². The summed E-state index contributed by atoms with van der Waals surface area (Å²) in [5.74, 6) is -3.22. The van der Waals surface area contributed by atoms with Crippen molar-refractivity contribution in [2.24, 2.45) is 5.92 Å². The molecular weight excluding hydrogens is 414 g/mol. The van der Waals surface area contributed by atoms with Crippen LogP contribution in [0.3, 0.4) is 0 Å². The lowest BCUT2D eigenvalue weighted by molar-refractivity contribution is -0.139. The van der Waals surface area contributed by atoms with E-state index in [2.05, 4.69) is 16.0 Å². The molecule has 0 aliphatic rings. The maximum Gasteiger partial charge on any atom is 0.305 e. The zero-order valence-electron chi connectivity index (χ0n) is 18.1. The normalized spacial score (nSPS) is 13.6. The van der Waals surface area contributed by atoms with Gasteiger partial charge in [-0.15, -0.1) is 0 Å². The minimum atomic E-state index is -1.24. The predicted octanol–water partition coefficient (Wildman–Crippen LogP) is 1.26. The fraction of sp³-hybridized carbons (Fsp3) is 0.348. The highest BCUT2D eigenvalue weighted by atomic mass is 16.4. The Bertz CT molecular complexity index is 1010. The fourth-order valence-electron chi connectivity index (χ4n) is 3.18. The average Bonchev–Trinajstić information content (AvgIpc) is 2.75. The van der Waals surface area contributed by atoms with Crippen LogP contribution in [-0.2, 0) is 19.2 Å². The SMILES string of the molecule is CC(C)C(NC(=O)c1cccc2ccccc12)C(=O)N[C@@H](C)C(=O)NC(C=O)CC(=O)O. The molecule has 2 unspecified atom stereocenters. The Morgan fingerprint density at radius 2 is 1.56 bits per heavy atom. The maximum absolute atomic E-state index is 12.9. The van der Waals surface area contributed by atoms with Gasteiger partial charge in [-0.2, -0.15) is 0 Å². The standard InChI is InChI=1S/C23H27N3O6/c1-13(2)20(23(32)24-14(3)21(30)25-16(12-27)11-19(28)29)26-22(31)18-10-6-8-15-7-4-5-9-17(15)18/h4-10,12-14,16,20H,11H2,1-3H3,(H,24,32)(H,25,30)(H,26,31)(H,28,29)/t14-,16?,20?/m0/s1. The molecule has 0 bridgehead atoms. The summed E-state index contributed by atoms with van der Waals surface area (Å²) in [6, 6.07) is 9.54. The van der Waals surface area contributed by atoms with Gasteiger partial charge in [-0.1, -0.05) is 50.2 Å². The van der Waals surface area contributed by atoms with E-state index in [1.807, 2.05) is 30.3 Å². The Balaban J connectivity index is 2.08. The van der Waals surface area contributed by atoms with Crippen LogP contribution in [-0.4, -0.2) is 53.2 Å². The van der Waals surface area contributed by atoms with E-state index in [9.17, 15) is 24.0 Å². The van der Waals surface area contributed by atoms with Gasteiger partial charge in [0.2, 0.25) is 11.8 Å². The van der Waals surface area contributed by atoms with Gasteiger partial charge >= 0.3 is 5.97 Å². The highest BCUT2D eigenvalue weighted by Gasteiger charge is 2.28. The number of carbonyl (C=O) groups is 5. The van der Waals surface area contributed by atoms with E-state index in [-0.39, 0.29) is 5.92 Å². The molecule has 3 amide bonds. The van der Waals surface area contributed by atoms with Crippen molar-refractivity contribution < 1.29 is 29.1 Å².